The summed E-state index contributed by atoms with van der Waals surface area (Å²) in [5, 5.41) is 2.89. The van der Waals surface area contributed by atoms with E-state index in [0.717, 1.165) is 18.0 Å². The van der Waals surface area contributed by atoms with Crippen molar-refractivity contribution in [3.8, 4) is 6.01 Å². The van der Waals surface area contributed by atoms with E-state index in [1.54, 1.807) is 13.8 Å². The smallest absolute Gasteiger partial charge is 0.318 e. The van der Waals surface area contributed by atoms with E-state index in [2.05, 4.69) is 35.2 Å². The molecule has 26 heavy (non-hydrogen) atoms. The van der Waals surface area contributed by atoms with Crippen LogP contribution in [0, 0.1) is 5.82 Å². The van der Waals surface area contributed by atoms with Gasteiger partial charge < -0.3 is 20.8 Å². The van der Waals surface area contributed by atoms with Crippen LogP contribution >= 0.6 is 11.8 Å². The Morgan fingerprint density at radius 1 is 1.35 bits per heavy atom. The van der Waals surface area contributed by atoms with E-state index in [9.17, 15) is 9.18 Å². The van der Waals surface area contributed by atoms with Crippen molar-refractivity contribution in [2.75, 3.05) is 18.2 Å². The number of nitrogens with one attached hydrogen (secondary N) is 2. The molecule has 10 nitrogen and oxygen atoms in total. The Kier molecular flexibility index (Phi) is 4.59. The second-order valence-electron chi connectivity index (χ2n) is 5.61. The molecule has 0 unspecified atom stereocenters. The summed E-state index contributed by atoms with van der Waals surface area (Å²) in [7, 11) is 1.34. The lowest BCUT2D eigenvalue weighted by Crippen LogP contribution is -2.34. The van der Waals surface area contributed by atoms with Crippen molar-refractivity contribution >= 4 is 40.6 Å². The number of carbonyl (C=O) groups excluding carboxylic acids is 1. The molecule has 136 valence electrons. The summed E-state index contributed by atoms with van der Waals surface area (Å²) < 4.78 is 17.6. The molecule has 3 rings (SSSR count). The van der Waals surface area contributed by atoms with Crippen LogP contribution in [0.3, 0.4) is 0 Å². The van der Waals surface area contributed by atoms with Gasteiger partial charge in [0, 0.05) is 0 Å². The number of methoxy groups -OCH3 is 1. The number of halogens is 1. The van der Waals surface area contributed by atoms with Crippen molar-refractivity contribution in [2.24, 2.45) is 0 Å². The molecule has 0 radical (unpaired) electrons. The van der Waals surface area contributed by atoms with Gasteiger partial charge in [-0.05, 0) is 13.8 Å². The largest absolute Gasteiger partial charge is 0.467 e. The minimum absolute atomic E-state index is 0.0369. The molecule has 3 aromatic rings. The van der Waals surface area contributed by atoms with Crippen LogP contribution in [0.25, 0.3) is 11.2 Å². The molecule has 0 aliphatic rings. The SMILES string of the molecule is COc1ncc(F)c(NC(=O)C(C)(C)Sc2nc(N)nc3nc[nH]c23)n1. The Bertz CT molecular complexity index is 977. The number of rotatable bonds is 5. The zero-order chi connectivity index (χ0) is 18.9. The van der Waals surface area contributed by atoms with E-state index in [0.29, 0.717) is 16.2 Å². The highest BCUT2D eigenvalue weighted by atomic mass is 32.2. The van der Waals surface area contributed by atoms with E-state index < -0.39 is 16.5 Å². The molecule has 12 heteroatoms. The summed E-state index contributed by atoms with van der Waals surface area (Å²) in [5.41, 5.74) is 6.63. The first-order chi connectivity index (χ1) is 12.3. The van der Waals surface area contributed by atoms with Crippen molar-refractivity contribution < 1.29 is 13.9 Å². The molecule has 3 heterocycles. The highest BCUT2D eigenvalue weighted by Crippen LogP contribution is 2.35. The molecule has 0 atom stereocenters. The third-order valence-electron chi connectivity index (χ3n) is 3.30. The molecular weight excluding hydrogens is 363 g/mol. The normalized spacial score (nSPS) is 11.5. The highest BCUT2D eigenvalue weighted by Gasteiger charge is 2.32. The number of hydrogen-bond acceptors (Lipinski definition) is 9. The lowest BCUT2D eigenvalue weighted by molar-refractivity contribution is -0.117. The number of nitrogen functional groups attached to an aromatic ring is 1. The van der Waals surface area contributed by atoms with Crippen molar-refractivity contribution in [3.05, 3.63) is 18.3 Å². The lowest BCUT2D eigenvalue weighted by Gasteiger charge is -2.22. The van der Waals surface area contributed by atoms with Crippen LogP contribution in [-0.4, -0.2) is 47.7 Å². The topological polar surface area (TPSA) is 145 Å². The number of H-pyrrole nitrogens is 1. The van der Waals surface area contributed by atoms with Gasteiger partial charge >= 0.3 is 6.01 Å². The first-order valence-corrected chi connectivity index (χ1v) is 8.15. The van der Waals surface area contributed by atoms with Gasteiger partial charge in [0.25, 0.3) is 0 Å². The zero-order valence-corrected chi connectivity index (χ0v) is 14.9. The summed E-state index contributed by atoms with van der Waals surface area (Å²) in [5.74, 6) is -1.51. The number of aromatic amines is 1. The van der Waals surface area contributed by atoms with Gasteiger partial charge in [0.15, 0.2) is 17.3 Å². The summed E-state index contributed by atoms with van der Waals surface area (Å²) in [6.45, 7) is 3.31. The van der Waals surface area contributed by atoms with Gasteiger partial charge in [0.2, 0.25) is 11.9 Å². The third-order valence-corrected chi connectivity index (χ3v) is 4.49. The second kappa shape index (κ2) is 6.71. The Morgan fingerprint density at radius 3 is 2.85 bits per heavy atom. The van der Waals surface area contributed by atoms with Crippen molar-refractivity contribution in [1.29, 1.82) is 0 Å². The molecule has 0 aliphatic carbocycles. The maximum Gasteiger partial charge on any atom is 0.318 e. The van der Waals surface area contributed by atoms with Gasteiger partial charge in [0.05, 0.1) is 24.4 Å². The van der Waals surface area contributed by atoms with E-state index >= 15 is 0 Å². The maximum atomic E-state index is 13.8. The molecule has 0 aliphatic heterocycles. The second-order valence-corrected chi connectivity index (χ2v) is 7.22. The van der Waals surface area contributed by atoms with Crippen LogP contribution in [0.4, 0.5) is 16.2 Å². The molecule has 0 spiro atoms. The summed E-state index contributed by atoms with van der Waals surface area (Å²) >= 11 is 1.13. The average Bonchev–Trinajstić information content (AvgIpc) is 3.05. The lowest BCUT2D eigenvalue weighted by atomic mass is 10.2. The molecule has 0 saturated heterocycles. The predicted molar refractivity (Wildman–Crippen MR) is 93.2 cm³/mol. The number of hydrogen-bond donors (Lipinski definition) is 3. The molecule has 4 N–H and O–H groups in total. The molecule has 0 bridgehead atoms. The van der Waals surface area contributed by atoms with E-state index in [4.69, 9.17) is 10.5 Å². The Labute approximate surface area is 151 Å². The minimum Gasteiger partial charge on any atom is -0.467 e. The molecule has 0 saturated carbocycles. The van der Waals surface area contributed by atoms with Gasteiger partial charge in [0.1, 0.15) is 10.5 Å². The summed E-state index contributed by atoms with van der Waals surface area (Å²) in [4.78, 5) is 35.2. The van der Waals surface area contributed by atoms with E-state index in [1.807, 2.05) is 0 Å². The van der Waals surface area contributed by atoms with Crippen LogP contribution < -0.4 is 15.8 Å². The molecular formula is C14H15FN8O2S. The van der Waals surface area contributed by atoms with Crippen LogP contribution in [0.2, 0.25) is 0 Å². The highest BCUT2D eigenvalue weighted by molar-refractivity contribution is 8.01. The van der Waals surface area contributed by atoms with Gasteiger partial charge in [-0.1, -0.05) is 11.8 Å². The molecule has 0 aromatic carbocycles. The number of nitrogens with two attached hydrogens (primary N) is 1. The number of imidazole rings is 1. The number of thioether (sulfide) groups is 1. The van der Waals surface area contributed by atoms with E-state index in [-0.39, 0.29) is 17.8 Å². The fraction of sp³-hybridized carbons (Fsp3) is 0.286. The zero-order valence-electron chi connectivity index (χ0n) is 14.1. The number of ether oxygens (including phenoxy) is 1. The average molecular weight is 378 g/mol. The summed E-state index contributed by atoms with van der Waals surface area (Å²) in [6.07, 6.45) is 2.37. The van der Waals surface area contributed by atoms with E-state index in [1.165, 1.54) is 13.4 Å². The van der Waals surface area contributed by atoms with Gasteiger partial charge in [-0.25, -0.2) is 19.3 Å². The monoisotopic (exact) mass is 378 g/mol. The van der Waals surface area contributed by atoms with Crippen molar-refractivity contribution in [2.45, 2.75) is 23.6 Å². The van der Waals surface area contributed by atoms with Crippen LogP contribution in [-0.2, 0) is 4.79 Å². The molecule has 0 fully saturated rings. The fourth-order valence-electron chi connectivity index (χ4n) is 1.98. The number of aromatic nitrogens is 6. The minimum atomic E-state index is -1.04. The van der Waals surface area contributed by atoms with Crippen LogP contribution in [0.1, 0.15) is 13.8 Å². The van der Waals surface area contributed by atoms with Gasteiger partial charge in [-0.2, -0.15) is 9.97 Å². The third kappa shape index (κ3) is 3.49. The Balaban J connectivity index is 1.85. The predicted octanol–water partition coefficient (Wildman–Crippen LogP) is 1.38. The maximum absolute atomic E-state index is 13.8. The van der Waals surface area contributed by atoms with Crippen LogP contribution in [0.15, 0.2) is 17.6 Å². The molecule has 3 aromatic heterocycles. The Hall–Kier alpha value is -3.02. The number of anilines is 2. The number of carbonyl (C=O) groups is 1. The standard InChI is InChI=1S/C14H15FN8O2S/c1-14(2,11(24)20-8-6(15)4-17-13(22-8)25-3)26-10-7-9(19-5-18-7)21-12(16)23-10/h4-5H,1-3H3,(H,17,20,22,24)(H3,16,18,19,21,23). The van der Waals surface area contributed by atoms with Crippen molar-refractivity contribution in [1.82, 2.24) is 29.9 Å². The molecule has 1 amide bonds. The van der Waals surface area contributed by atoms with Crippen LogP contribution in [0.5, 0.6) is 6.01 Å². The van der Waals surface area contributed by atoms with Gasteiger partial charge in [-0.15, -0.1) is 0 Å². The quantitative estimate of drug-likeness (QED) is 0.443. The fourth-order valence-corrected chi connectivity index (χ4v) is 3.00. The first kappa shape index (κ1) is 17.8. The number of nitrogens with zero attached hydrogens (tertiary/aromatic N) is 5. The van der Waals surface area contributed by atoms with Gasteiger partial charge in [-0.3, -0.25) is 4.79 Å². The van der Waals surface area contributed by atoms with Crippen molar-refractivity contribution in [3.63, 3.8) is 0 Å². The number of fused-ring (bicyclic) bond motifs is 1. The number of amides is 1. The Morgan fingerprint density at radius 2 is 2.12 bits per heavy atom. The first-order valence-electron chi connectivity index (χ1n) is 7.34. The summed E-state index contributed by atoms with van der Waals surface area (Å²) in [6, 6.07) is -0.0603.